The van der Waals surface area contributed by atoms with Crippen LogP contribution >= 0.6 is 11.8 Å². The molecule has 15 nitrogen and oxygen atoms in total. The third-order valence-corrected chi connectivity index (χ3v) is 11.5. The van der Waals surface area contributed by atoms with Crippen molar-refractivity contribution in [1.29, 1.82) is 0 Å². The van der Waals surface area contributed by atoms with Crippen molar-refractivity contribution in [3.05, 3.63) is 71.8 Å². The highest BCUT2D eigenvalue weighted by Crippen LogP contribution is 2.33. The van der Waals surface area contributed by atoms with Gasteiger partial charge in [0.2, 0.25) is 23.5 Å². The molecule has 316 valence electrons. The summed E-state index contributed by atoms with van der Waals surface area (Å²) < 4.78 is 5.41. The number of nitrogens with zero attached hydrogens (tertiary/aromatic N) is 2. The van der Waals surface area contributed by atoms with E-state index in [-0.39, 0.29) is 43.1 Å². The van der Waals surface area contributed by atoms with E-state index in [0.29, 0.717) is 22.8 Å². The number of ketones is 1. The van der Waals surface area contributed by atoms with Crippen molar-refractivity contribution >= 4 is 53.2 Å². The quantitative estimate of drug-likeness (QED) is 0.0786. The van der Waals surface area contributed by atoms with E-state index in [1.807, 2.05) is 44.2 Å². The number of ether oxygens (including phenoxy) is 1. The normalized spacial score (nSPS) is 18.3. The molecule has 6 amide bonds. The lowest BCUT2D eigenvalue weighted by atomic mass is 9.83. The van der Waals surface area contributed by atoms with Crippen LogP contribution in [0.1, 0.15) is 89.3 Å². The summed E-state index contributed by atoms with van der Waals surface area (Å²) in [7, 11) is 1.12. The van der Waals surface area contributed by atoms with Gasteiger partial charge in [-0.2, -0.15) is 11.8 Å². The van der Waals surface area contributed by atoms with Gasteiger partial charge in [-0.3, -0.25) is 34.0 Å². The number of hydroxylamine groups is 2. The van der Waals surface area contributed by atoms with Gasteiger partial charge in [-0.1, -0.05) is 107 Å². The number of rotatable bonds is 19. The Morgan fingerprint density at radius 2 is 1.57 bits per heavy atom. The maximum Gasteiger partial charge on any atom is 0.407 e. The van der Waals surface area contributed by atoms with Crippen molar-refractivity contribution in [1.82, 2.24) is 31.2 Å². The molecule has 1 heterocycles. The number of hydrogen-bond acceptors (Lipinski definition) is 10. The van der Waals surface area contributed by atoms with E-state index >= 15 is 0 Å². The van der Waals surface area contributed by atoms with E-state index in [4.69, 9.17) is 4.74 Å². The standard InChI is InChI=1S/C42H58N6O9S/c1-5-15-32(37(50)39(52)43-23-34(49)45-35(40(53)47(4)56)29-18-11-7-12-19-29)44-38(51)33-22-31(58-26-28-16-9-6-10-17-28)24-48(33)41(54)36(30-20-13-8-14-21-30)46-42(55)57-25-27(2)3/h6-7,9-12,16-19,27,30-33,35-36,56H,5,8,13-15,20-26H2,1-4H3,(H,43,52)(H,44,51)(H,45,49)(H,46,55). The van der Waals surface area contributed by atoms with E-state index in [9.17, 15) is 38.8 Å². The number of carbonyl (C=O) groups is 7. The molecule has 2 fully saturated rings. The van der Waals surface area contributed by atoms with E-state index in [1.54, 1.807) is 49.0 Å². The van der Waals surface area contributed by atoms with Crippen LogP contribution in [0.3, 0.4) is 0 Å². The molecule has 1 saturated heterocycles. The van der Waals surface area contributed by atoms with Crippen LogP contribution in [0.25, 0.3) is 0 Å². The van der Waals surface area contributed by atoms with E-state index < -0.39 is 72.1 Å². The predicted octanol–water partition coefficient (Wildman–Crippen LogP) is 3.90. The van der Waals surface area contributed by atoms with E-state index in [1.165, 1.54) is 4.90 Å². The number of alkyl carbamates (subject to hydrolysis) is 1. The highest BCUT2D eigenvalue weighted by atomic mass is 32.2. The molecule has 16 heteroatoms. The number of amides is 6. The first kappa shape index (κ1) is 45.7. The molecule has 0 aromatic heterocycles. The number of likely N-dealkylation sites (tertiary alicyclic amines) is 1. The zero-order valence-electron chi connectivity index (χ0n) is 33.8. The number of Topliss-reactive ketones (excluding diaryl/α,β-unsaturated/α-hetero) is 1. The lowest BCUT2D eigenvalue weighted by molar-refractivity contribution is -0.162. The minimum absolute atomic E-state index is 0.0958. The number of likely N-dealkylation sites (N-methyl/N-ethyl adjacent to an activating group) is 1. The maximum absolute atomic E-state index is 14.6. The number of thioether (sulfide) groups is 1. The van der Waals surface area contributed by atoms with Crippen LogP contribution in [0.2, 0.25) is 0 Å². The molecule has 1 saturated carbocycles. The first-order valence-corrected chi connectivity index (χ1v) is 21.2. The number of nitrogens with one attached hydrogen (secondary N) is 4. The lowest BCUT2D eigenvalue weighted by Crippen LogP contribution is -2.58. The van der Waals surface area contributed by atoms with Gasteiger partial charge in [0, 0.05) is 24.6 Å². The molecule has 5 unspecified atom stereocenters. The fourth-order valence-electron chi connectivity index (χ4n) is 7.20. The predicted molar refractivity (Wildman–Crippen MR) is 218 cm³/mol. The molecule has 0 spiro atoms. The van der Waals surface area contributed by atoms with Crippen LogP contribution < -0.4 is 21.3 Å². The molecule has 2 aliphatic rings. The second kappa shape index (κ2) is 22.8. The summed E-state index contributed by atoms with van der Waals surface area (Å²) in [6, 6.07) is 13.6. The van der Waals surface area contributed by atoms with Crippen molar-refractivity contribution in [2.45, 2.75) is 107 Å². The summed E-state index contributed by atoms with van der Waals surface area (Å²) in [6.07, 6.45) is 4.45. The topological polar surface area (TPSA) is 204 Å². The second-order valence-corrected chi connectivity index (χ2v) is 16.6. The van der Waals surface area contributed by atoms with Crippen LogP contribution in [0.4, 0.5) is 4.79 Å². The fraction of sp³-hybridized carbons (Fsp3) is 0.548. The number of carbonyl (C=O) groups excluding carboxylic acids is 7. The Morgan fingerprint density at radius 3 is 2.19 bits per heavy atom. The zero-order chi connectivity index (χ0) is 42.2. The Balaban J connectivity index is 1.48. The van der Waals surface area contributed by atoms with E-state index in [0.717, 1.165) is 44.7 Å². The lowest BCUT2D eigenvalue weighted by Gasteiger charge is -2.34. The average Bonchev–Trinajstić information content (AvgIpc) is 3.67. The largest absolute Gasteiger partial charge is 0.449 e. The Bertz CT molecular complexity index is 1710. The Hall–Kier alpha value is -4.96. The van der Waals surface area contributed by atoms with Crippen molar-refractivity contribution < 1.29 is 43.5 Å². The summed E-state index contributed by atoms with van der Waals surface area (Å²) >= 11 is 1.61. The SMILES string of the molecule is CCCC(NC(=O)C1CC(SCc2ccccc2)CN1C(=O)C(NC(=O)OCC(C)C)C1CCCCC1)C(=O)C(=O)NCC(=O)NC(C(=O)N(C)O)c1ccccc1. The van der Waals surface area contributed by atoms with Crippen molar-refractivity contribution in [3.63, 3.8) is 0 Å². The minimum Gasteiger partial charge on any atom is -0.449 e. The fourth-order valence-corrected chi connectivity index (χ4v) is 8.41. The van der Waals surface area contributed by atoms with Crippen LogP contribution in [0.5, 0.6) is 0 Å². The van der Waals surface area contributed by atoms with Crippen molar-refractivity contribution in [2.24, 2.45) is 11.8 Å². The van der Waals surface area contributed by atoms with Crippen LogP contribution in [0, 0.1) is 11.8 Å². The Kier molecular flexibility index (Phi) is 18.0. The number of hydrogen-bond donors (Lipinski definition) is 5. The minimum atomic E-state index is -1.26. The van der Waals surface area contributed by atoms with Gasteiger partial charge in [-0.05, 0) is 48.6 Å². The van der Waals surface area contributed by atoms with Crippen molar-refractivity contribution in [3.8, 4) is 0 Å². The van der Waals surface area contributed by atoms with E-state index in [2.05, 4.69) is 21.3 Å². The van der Waals surface area contributed by atoms with Gasteiger partial charge in [0.1, 0.15) is 18.1 Å². The first-order valence-electron chi connectivity index (χ1n) is 20.1. The summed E-state index contributed by atoms with van der Waals surface area (Å²) in [5, 5.41) is 20.3. The summed E-state index contributed by atoms with van der Waals surface area (Å²) in [6.45, 7) is 5.38. The van der Waals surface area contributed by atoms with Crippen LogP contribution in [-0.2, 0) is 39.3 Å². The molecule has 2 aromatic rings. The average molecular weight is 823 g/mol. The Morgan fingerprint density at radius 1 is 0.914 bits per heavy atom. The van der Waals surface area contributed by atoms with Crippen LogP contribution in [-0.4, -0.2) is 107 Å². The monoisotopic (exact) mass is 822 g/mol. The summed E-state index contributed by atoms with van der Waals surface area (Å²) in [5.41, 5.74) is 1.48. The molecule has 1 aliphatic carbocycles. The highest BCUT2D eigenvalue weighted by Gasteiger charge is 2.45. The molecule has 1 aliphatic heterocycles. The van der Waals surface area contributed by atoms with Gasteiger partial charge in [0.05, 0.1) is 19.2 Å². The molecule has 58 heavy (non-hydrogen) atoms. The molecule has 5 N–H and O–H groups in total. The van der Waals surface area contributed by atoms with Gasteiger partial charge in [-0.25, -0.2) is 9.86 Å². The maximum atomic E-state index is 14.6. The van der Waals surface area contributed by atoms with Gasteiger partial charge in [0.15, 0.2) is 0 Å². The smallest absolute Gasteiger partial charge is 0.407 e. The zero-order valence-corrected chi connectivity index (χ0v) is 34.6. The summed E-state index contributed by atoms with van der Waals surface area (Å²) in [4.78, 5) is 95.4. The van der Waals surface area contributed by atoms with Gasteiger partial charge < -0.3 is 30.9 Å². The first-order chi connectivity index (χ1) is 27.8. The van der Waals surface area contributed by atoms with Crippen molar-refractivity contribution in [2.75, 3.05) is 26.7 Å². The molecule has 4 rings (SSSR count). The molecule has 0 bridgehead atoms. The molecule has 5 atom stereocenters. The van der Waals surface area contributed by atoms with Gasteiger partial charge in [0.25, 0.3) is 11.8 Å². The second-order valence-electron chi connectivity index (χ2n) is 15.3. The summed E-state index contributed by atoms with van der Waals surface area (Å²) in [5.74, 6) is -4.10. The molecular formula is C42H58N6O9S. The molecular weight excluding hydrogens is 765 g/mol. The third kappa shape index (κ3) is 13.6. The third-order valence-electron chi connectivity index (χ3n) is 10.2. The molecule has 0 radical (unpaired) electrons. The number of benzene rings is 2. The highest BCUT2D eigenvalue weighted by molar-refractivity contribution is 7.99. The van der Waals surface area contributed by atoms with Gasteiger partial charge in [-0.15, -0.1) is 0 Å². The Labute approximate surface area is 344 Å². The van der Waals surface area contributed by atoms with Gasteiger partial charge >= 0.3 is 6.09 Å². The molecule has 2 aromatic carbocycles. The van der Waals surface area contributed by atoms with Crippen LogP contribution in [0.15, 0.2) is 60.7 Å².